The summed E-state index contributed by atoms with van der Waals surface area (Å²) in [5.74, 6) is 0.991. The van der Waals surface area contributed by atoms with E-state index in [2.05, 4.69) is 39.8 Å². The van der Waals surface area contributed by atoms with E-state index < -0.39 is 0 Å². The van der Waals surface area contributed by atoms with Crippen molar-refractivity contribution in [2.24, 2.45) is 5.92 Å². The monoisotopic (exact) mass is 204 g/mol. The fourth-order valence-corrected chi connectivity index (χ4v) is 2.92. The molecule has 0 amide bonds. The molecule has 0 aromatic heterocycles. The normalized spacial score (nSPS) is 30.1. The molecule has 1 aliphatic rings. The van der Waals surface area contributed by atoms with Crippen molar-refractivity contribution in [2.45, 2.75) is 46.1 Å². The first-order chi connectivity index (χ1) is 7.00. The van der Waals surface area contributed by atoms with Gasteiger partial charge in [0.05, 0.1) is 6.10 Å². The smallest absolute Gasteiger partial charge is 0.0577 e. The molecule has 1 heteroatoms. The molecule has 2 rings (SSSR count). The van der Waals surface area contributed by atoms with Crippen LogP contribution in [-0.4, -0.2) is 11.2 Å². The number of rotatable bonds is 1. The third-order valence-corrected chi connectivity index (χ3v) is 3.85. The maximum Gasteiger partial charge on any atom is 0.0577 e. The van der Waals surface area contributed by atoms with E-state index in [0.717, 1.165) is 6.42 Å². The number of benzene rings is 1. The van der Waals surface area contributed by atoms with Gasteiger partial charge in [-0.15, -0.1) is 0 Å². The Bertz CT molecular complexity index is 358. The Morgan fingerprint density at radius 2 is 1.67 bits per heavy atom. The third-order valence-electron chi connectivity index (χ3n) is 3.85. The van der Waals surface area contributed by atoms with Crippen LogP contribution in [0.25, 0.3) is 0 Å². The average Bonchev–Trinajstić information content (AvgIpc) is 2.15. The zero-order chi connectivity index (χ0) is 11.2. The van der Waals surface area contributed by atoms with Crippen molar-refractivity contribution in [2.75, 3.05) is 0 Å². The summed E-state index contributed by atoms with van der Waals surface area (Å²) in [6, 6.07) is 4.50. The molecular weight excluding hydrogens is 184 g/mol. The van der Waals surface area contributed by atoms with Gasteiger partial charge in [-0.1, -0.05) is 24.6 Å². The summed E-state index contributed by atoms with van der Waals surface area (Å²) in [7, 11) is 0. The lowest BCUT2D eigenvalue weighted by atomic mass is 9.66. The van der Waals surface area contributed by atoms with Gasteiger partial charge in [-0.3, -0.25) is 0 Å². The van der Waals surface area contributed by atoms with Crippen LogP contribution in [0.1, 0.15) is 41.5 Å². The van der Waals surface area contributed by atoms with E-state index >= 15 is 0 Å². The van der Waals surface area contributed by atoms with Gasteiger partial charge in [0.15, 0.2) is 0 Å². The minimum absolute atomic E-state index is 0.0879. The molecular formula is C14H20O. The number of hydrogen-bond acceptors (Lipinski definition) is 1. The van der Waals surface area contributed by atoms with E-state index in [1.165, 1.54) is 22.3 Å². The molecule has 1 nitrogen and oxygen atoms in total. The van der Waals surface area contributed by atoms with Crippen LogP contribution < -0.4 is 0 Å². The molecule has 0 spiro atoms. The van der Waals surface area contributed by atoms with Crippen molar-refractivity contribution in [3.8, 4) is 0 Å². The molecule has 82 valence electrons. The van der Waals surface area contributed by atoms with E-state index in [-0.39, 0.29) is 6.10 Å². The second kappa shape index (κ2) is 3.64. The summed E-state index contributed by atoms with van der Waals surface area (Å²) in [4.78, 5) is 0. The second-order valence-electron chi connectivity index (χ2n) is 5.08. The largest absolute Gasteiger partial charge is 0.393 e. The van der Waals surface area contributed by atoms with Crippen LogP contribution >= 0.6 is 0 Å². The maximum atomic E-state index is 9.58. The van der Waals surface area contributed by atoms with Crippen molar-refractivity contribution in [1.29, 1.82) is 0 Å². The molecule has 3 unspecified atom stereocenters. The third kappa shape index (κ3) is 1.69. The van der Waals surface area contributed by atoms with Gasteiger partial charge in [0, 0.05) is 0 Å². The van der Waals surface area contributed by atoms with E-state index in [4.69, 9.17) is 0 Å². The number of hydrogen-bond donors (Lipinski definition) is 1. The fourth-order valence-electron chi connectivity index (χ4n) is 2.92. The summed E-state index contributed by atoms with van der Waals surface area (Å²) in [6.07, 6.45) is 0.849. The predicted molar refractivity (Wildman–Crippen MR) is 63.2 cm³/mol. The van der Waals surface area contributed by atoms with Crippen LogP contribution in [0.4, 0.5) is 0 Å². The lowest BCUT2D eigenvalue weighted by Crippen LogP contribution is -2.38. The zero-order valence-corrected chi connectivity index (χ0v) is 10.0. The number of aliphatic hydroxyl groups is 1. The highest BCUT2D eigenvalue weighted by Crippen LogP contribution is 2.44. The Morgan fingerprint density at radius 3 is 2.07 bits per heavy atom. The summed E-state index contributed by atoms with van der Waals surface area (Å²) >= 11 is 0. The fraction of sp³-hybridized carbons (Fsp3) is 0.571. The first-order valence-corrected chi connectivity index (χ1v) is 5.76. The van der Waals surface area contributed by atoms with Crippen LogP contribution in [0, 0.1) is 26.7 Å². The zero-order valence-electron chi connectivity index (χ0n) is 10.0. The molecule has 1 fully saturated rings. The van der Waals surface area contributed by atoms with Crippen LogP contribution in [-0.2, 0) is 0 Å². The van der Waals surface area contributed by atoms with Gasteiger partial charge < -0.3 is 5.11 Å². The van der Waals surface area contributed by atoms with Gasteiger partial charge in [0.1, 0.15) is 0 Å². The van der Waals surface area contributed by atoms with Crippen LogP contribution in [0.3, 0.4) is 0 Å². The SMILES string of the molecule is Cc1cc(C)c(C2CC(O)C2C)c(C)c1. The van der Waals surface area contributed by atoms with Crippen LogP contribution in [0.15, 0.2) is 12.1 Å². The molecule has 0 radical (unpaired) electrons. The quantitative estimate of drug-likeness (QED) is 0.745. The topological polar surface area (TPSA) is 20.2 Å². The molecule has 0 saturated heterocycles. The van der Waals surface area contributed by atoms with Crippen LogP contribution in [0.5, 0.6) is 0 Å². The van der Waals surface area contributed by atoms with Gasteiger partial charge >= 0.3 is 0 Å². The molecule has 1 saturated carbocycles. The van der Waals surface area contributed by atoms with E-state index in [1.54, 1.807) is 0 Å². The minimum atomic E-state index is -0.0879. The molecule has 1 aliphatic carbocycles. The molecule has 0 bridgehead atoms. The molecule has 3 atom stereocenters. The highest BCUT2D eigenvalue weighted by Gasteiger charge is 2.38. The predicted octanol–water partition coefficient (Wildman–Crippen LogP) is 3.10. The van der Waals surface area contributed by atoms with Crippen molar-refractivity contribution < 1.29 is 5.11 Å². The summed E-state index contributed by atoms with van der Waals surface area (Å²) in [5, 5.41) is 9.58. The lowest BCUT2D eigenvalue weighted by molar-refractivity contribution is 0.0113. The minimum Gasteiger partial charge on any atom is -0.393 e. The molecule has 0 heterocycles. The van der Waals surface area contributed by atoms with E-state index in [9.17, 15) is 5.11 Å². The summed E-state index contributed by atoms with van der Waals surface area (Å²) in [6.45, 7) is 8.67. The Balaban J connectivity index is 2.37. The highest BCUT2D eigenvalue weighted by molar-refractivity contribution is 5.41. The Labute approximate surface area is 92.1 Å². The molecule has 1 aromatic carbocycles. The maximum absolute atomic E-state index is 9.58. The molecule has 1 aromatic rings. The number of aliphatic hydroxyl groups excluding tert-OH is 1. The average molecular weight is 204 g/mol. The first-order valence-electron chi connectivity index (χ1n) is 5.76. The Kier molecular flexibility index (Phi) is 2.59. The summed E-state index contributed by atoms with van der Waals surface area (Å²) in [5.41, 5.74) is 5.58. The number of aryl methyl sites for hydroxylation is 3. The lowest BCUT2D eigenvalue weighted by Gasteiger charge is -2.41. The van der Waals surface area contributed by atoms with Crippen molar-refractivity contribution in [3.63, 3.8) is 0 Å². The Hall–Kier alpha value is -0.820. The van der Waals surface area contributed by atoms with E-state index in [0.29, 0.717) is 11.8 Å². The highest BCUT2D eigenvalue weighted by atomic mass is 16.3. The van der Waals surface area contributed by atoms with Gasteiger partial charge in [0.25, 0.3) is 0 Å². The molecule has 15 heavy (non-hydrogen) atoms. The van der Waals surface area contributed by atoms with Gasteiger partial charge in [-0.05, 0) is 55.7 Å². The first kappa shape index (κ1) is 10.7. The molecule has 0 aliphatic heterocycles. The van der Waals surface area contributed by atoms with Gasteiger partial charge in [-0.25, -0.2) is 0 Å². The van der Waals surface area contributed by atoms with Crippen molar-refractivity contribution >= 4 is 0 Å². The van der Waals surface area contributed by atoms with Gasteiger partial charge in [-0.2, -0.15) is 0 Å². The molecule has 1 N–H and O–H groups in total. The van der Waals surface area contributed by atoms with Crippen LogP contribution in [0.2, 0.25) is 0 Å². The Morgan fingerprint density at radius 1 is 1.13 bits per heavy atom. The van der Waals surface area contributed by atoms with E-state index in [1.807, 2.05) is 0 Å². The standard InChI is InChI=1S/C14H20O/c1-8-5-9(2)14(10(3)6-8)12-7-13(15)11(12)4/h5-6,11-13,15H,7H2,1-4H3. The summed E-state index contributed by atoms with van der Waals surface area (Å²) < 4.78 is 0. The van der Waals surface area contributed by atoms with Gasteiger partial charge in [0.2, 0.25) is 0 Å². The van der Waals surface area contributed by atoms with Crippen molar-refractivity contribution in [1.82, 2.24) is 0 Å². The van der Waals surface area contributed by atoms with Crippen molar-refractivity contribution in [3.05, 3.63) is 34.4 Å². The second-order valence-corrected chi connectivity index (χ2v) is 5.08.